The van der Waals surface area contributed by atoms with E-state index in [1.54, 1.807) is 23.1 Å². The minimum absolute atomic E-state index is 0.494. The highest BCUT2D eigenvalue weighted by Crippen LogP contribution is 2.26. The molecule has 5 aromatic rings. The highest BCUT2D eigenvalue weighted by molar-refractivity contribution is 7.71. The molecule has 2 N–H and O–H groups in total. The number of benzene rings is 2. The summed E-state index contributed by atoms with van der Waals surface area (Å²) in [7, 11) is 0. The molecule has 0 aliphatic heterocycles. The second kappa shape index (κ2) is 8.78. The lowest BCUT2D eigenvalue weighted by Crippen LogP contribution is -2.15. The van der Waals surface area contributed by atoms with Crippen LogP contribution in [0.15, 0.2) is 73.2 Å². The summed E-state index contributed by atoms with van der Waals surface area (Å²) >= 11 is 17.9. The minimum atomic E-state index is 0.494. The Bertz CT molecular complexity index is 1450. The number of aromatic nitrogens is 5. The van der Waals surface area contributed by atoms with Gasteiger partial charge in [0.05, 0.1) is 6.54 Å². The van der Waals surface area contributed by atoms with Crippen LogP contribution in [0.5, 0.6) is 0 Å². The molecule has 0 bridgehead atoms. The van der Waals surface area contributed by atoms with E-state index < -0.39 is 0 Å². The number of hydrogen-bond donors (Lipinski definition) is 2. The third-order valence-corrected chi connectivity index (χ3v) is 6.13. The Morgan fingerprint density at radius 1 is 1.00 bits per heavy atom. The molecule has 0 saturated heterocycles. The molecule has 0 aliphatic rings. The molecular weight excluding hydrogens is 463 g/mol. The van der Waals surface area contributed by atoms with Gasteiger partial charge < -0.3 is 9.99 Å². The van der Waals surface area contributed by atoms with Crippen molar-refractivity contribution in [1.29, 1.82) is 0 Å². The largest absolute Gasteiger partial charge is 0.343 e. The summed E-state index contributed by atoms with van der Waals surface area (Å²) in [5.41, 5.74) is 7.59. The number of para-hydroxylation sites is 1. The number of aromatic amines is 1. The smallest absolute Gasteiger partial charge is 0.214 e. The van der Waals surface area contributed by atoms with Crippen LogP contribution in [0.2, 0.25) is 10.0 Å². The fourth-order valence-corrected chi connectivity index (χ4v) is 4.40. The first kappa shape index (κ1) is 20.8. The SMILES string of the molecule is S=c1[nH]nc(-c2ccncc2)n1NCc1cn(Cc2ccc(Cl)cc2Cl)c2ccccc12. The Morgan fingerprint density at radius 3 is 2.62 bits per heavy atom. The number of nitrogens with zero attached hydrogens (tertiary/aromatic N) is 4. The van der Waals surface area contributed by atoms with Gasteiger partial charge in [0.2, 0.25) is 4.77 Å². The molecule has 0 spiro atoms. The summed E-state index contributed by atoms with van der Waals surface area (Å²) in [5.74, 6) is 0.703. The molecule has 3 heterocycles. The van der Waals surface area contributed by atoms with E-state index in [4.69, 9.17) is 35.4 Å². The van der Waals surface area contributed by atoms with Gasteiger partial charge in [-0.15, -0.1) is 0 Å². The van der Waals surface area contributed by atoms with Crippen LogP contribution in [-0.2, 0) is 13.1 Å². The number of halogens is 2. The van der Waals surface area contributed by atoms with Crippen LogP contribution in [0, 0.1) is 4.77 Å². The maximum Gasteiger partial charge on any atom is 0.214 e. The van der Waals surface area contributed by atoms with E-state index in [0.29, 0.717) is 33.7 Å². The fraction of sp³-hybridized carbons (Fsp3) is 0.0870. The summed E-state index contributed by atoms with van der Waals surface area (Å²) < 4.78 is 4.47. The molecule has 160 valence electrons. The summed E-state index contributed by atoms with van der Waals surface area (Å²) in [5, 5.41) is 9.66. The number of hydrogen-bond acceptors (Lipinski definition) is 4. The summed E-state index contributed by atoms with van der Waals surface area (Å²) in [6, 6.07) is 17.7. The second-order valence-corrected chi connectivity index (χ2v) is 8.52. The number of pyridine rings is 1. The molecule has 6 nitrogen and oxygen atoms in total. The van der Waals surface area contributed by atoms with E-state index in [9.17, 15) is 0 Å². The third-order valence-electron chi connectivity index (χ3n) is 5.27. The fourth-order valence-electron chi connectivity index (χ4n) is 3.73. The van der Waals surface area contributed by atoms with E-state index in [-0.39, 0.29) is 0 Å². The van der Waals surface area contributed by atoms with Crippen molar-refractivity contribution in [3.8, 4) is 11.4 Å². The van der Waals surface area contributed by atoms with E-state index in [1.165, 1.54) is 0 Å². The molecule has 2 aromatic carbocycles. The predicted molar refractivity (Wildman–Crippen MR) is 131 cm³/mol. The number of rotatable bonds is 6. The lowest BCUT2D eigenvalue weighted by molar-refractivity contribution is 0.810. The van der Waals surface area contributed by atoms with Gasteiger partial charge in [0.1, 0.15) is 0 Å². The first-order valence-corrected chi connectivity index (χ1v) is 11.1. The van der Waals surface area contributed by atoms with E-state index >= 15 is 0 Å². The molecule has 0 unspecified atom stereocenters. The zero-order valence-electron chi connectivity index (χ0n) is 16.8. The Balaban J connectivity index is 1.46. The van der Waals surface area contributed by atoms with Gasteiger partial charge >= 0.3 is 0 Å². The normalized spacial score (nSPS) is 11.2. The molecule has 0 fully saturated rings. The maximum atomic E-state index is 6.42. The first-order chi connectivity index (χ1) is 15.6. The number of fused-ring (bicyclic) bond motifs is 1. The Labute approximate surface area is 199 Å². The van der Waals surface area contributed by atoms with Crippen molar-refractivity contribution in [1.82, 2.24) is 24.4 Å². The molecule has 5 rings (SSSR count). The second-order valence-electron chi connectivity index (χ2n) is 7.29. The topological polar surface area (TPSA) is 63.5 Å². The molecule has 0 saturated carbocycles. The van der Waals surface area contributed by atoms with E-state index in [2.05, 4.69) is 43.5 Å². The van der Waals surface area contributed by atoms with Gasteiger partial charge in [-0.3, -0.25) is 4.98 Å². The van der Waals surface area contributed by atoms with Crippen molar-refractivity contribution in [3.63, 3.8) is 0 Å². The van der Waals surface area contributed by atoms with Crippen LogP contribution in [0.3, 0.4) is 0 Å². The van der Waals surface area contributed by atoms with Crippen LogP contribution >= 0.6 is 35.4 Å². The van der Waals surface area contributed by atoms with Crippen molar-refractivity contribution < 1.29 is 0 Å². The molecule has 32 heavy (non-hydrogen) atoms. The summed E-state index contributed by atoms with van der Waals surface area (Å²) in [6.45, 7) is 1.21. The Morgan fingerprint density at radius 2 is 1.81 bits per heavy atom. The zero-order valence-corrected chi connectivity index (χ0v) is 19.1. The molecule has 0 atom stereocenters. The van der Waals surface area contributed by atoms with Crippen molar-refractivity contribution in [2.24, 2.45) is 0 Å². The van der Waals surface area contributed by atoms with Gasteiger partial charge in [-0.25, -0.2) is 9.77 Å². The van der Waals surface area contributed by atoms with Crippen LogP contribution in [-0.4, -0.2) is 24.4 Å². The Hall–Kier alpha value is -3.13. The molecule has 9 heteroatoms. The van der Waals surface area contributed by atoms with Crippen molar-refractivity contribution in [2.45, 2.75) is 13.1 Å². The molecule has 0 aliphatic carbocycles. The minimum Gasteiger partial charge on any atom is -0.343 e. The summed E-state index contributed by atoms with van der Waals surface area (Å²) in [4.78, 5) is 4.07. The van der Waals surface area contributed by atoms with Crippen LogP contribution in [0.1, 0.15) is 11.1 Å². The quantitative estimate of drug-likeness (QED) is 0.290. The highest BCUT2D eigenvalue weighted by atomic mass is 35.5. The van der Waals surface area contributed by atoms with Gasteiger partial charge in [-0.1, -0.05) is 47.5 Å². The molecule has 0 radical (unpaired) electrons. The van der Waals surface area contributed by atoms with Crippen LogP contribution < -0.4 is 5.43 Å². The van der Waals surface area contributed by atoms with Gasteiger partial charge in [0.25, 0.3) is 0 Å². The zero-order chi connectivity index (χ0) is 22.1. The van der Waals surface area contributed by atoms with Crippen molar-refractivity contribution in [3.05, 3.63) is 99.1 Å². The van der Waals surface area contributed by atoms with Gasteiger partial charge in [-0.2, -0.15) is 5.10 Å². The van der Waals surface area contributed by atoms with E-state index in [1.807, 2.05) is 36.4 Å². The first-order valence-electron chi connectivity index (χ1n) is 9.92. The monoisotopic (exact) mass is 480 g/mol. The van der Waals surface area contributed by atoms with Gasteiger partial charge in [0, 0.05) is 51.6 Å². The number of nitrogens with one attached hydrogen (secondary N) is 2. The van der Waals surface area contributed by atoms with Crippen molar-refractivity contribution >= 4 is 46.3 Å². The average Bonchev–Trinajstić information content (AvgIpc) is 3.35. The molecule has 3 aromatic heterocycles. The van der Waals surface area contributed by atoms with E-state index in [0.717, 1.165) is 27.6 Å². The molecule has 0 amide bonds. The molecular formula is C23H18Cl2N6S. The predicted octanol–water partition coefficient (Wildman–Crippen LogP) is 6.06. The standard InChI is InChI=1S/C23H18Cl2N6S/c24-18-6-5-16(20(25)11-18)13-30-14-17(19-3-1-2-4-21(19)30)12-27-31-22(28-29-23(31)32)15-7-9-26-10-8-15/h1-11,14,27H,12-13H2,(H,29,32). The summed E-state index contributed by atoms with van der Waals surface area (Å²) in [6.07, 6.45) is 5.60. The lowest BCUT2D eigenvalue weighted by atomic mass is 10.2. The van der Waals surface area contributed by atoms with Crippen molar-refractivity contribution in [2.75, 3.05) is 5.43 Å². The van der Waals surface area contributed by atoms with Gasteiger partial charge in [0.15, 0.2) is 5.82 Å². The lowest BCUT2D eigenvalue weighted by Gasteiger charge is -2.09. The third kappa shape index (κ3) is 4.02. The van der Waals surface area contributed by atoms with Crippen LogP contribution in [0.25, 0.3) is 22.3 Å². The maximum absolute atomic E-state index is 6.42. The Kier molecular flexibility index (Phi) is 5.70. The van der Waals surface area contributed by atoms with Gasteiger partial charge in [-0.05, 0) is 53.7 Å². The number of H-pyrrole nitrogens is 1. The average molecular weight is 481 g/mol. The highest BCUT2D eigenvalue weighted by Gasteiger charge is 2.13. The van der Waals surface area contributed by atoms with Crippen LogP contribution in [0.4, 0.5) is 0 Å².